The van der Waals surface area contributed by atoms with Crippen molar-refractivity contribution < 1.29 is 0 Å². The SMILES string of the molecule is CN/C=C(/C)N.N. The third-order valence-electron chi connectivity index (χ3n) is 0.372. The molecule has 7 heavy (non-hydrogen) atoms. The summed E-state index contributed by atoms with van der Waals surface area (Å²) in [4.78, 5) is 0. The zero-order chi connectivity index (χ0) is 4.99. The summed E-state index contributed by atoms with van der Waals surface area (Å²) in [7, 11) is 1.82. The Balaban J connectivity index is 0. The van der Waals surface area contributed by atoms with E-state index in [4.69, 9.17) is 5.73 Å². The molecule has 0 radical (unpaired) electrons. The van der Waals surface area contributed by atoms with E-state index in [1.54, 1.807) is 6.20 Å². The molecule has 3 nitrogen and oxygen atoms in total. The molecule has 0 aromatic heterocycles. The van der Waals surface area contributed by atoms with Crippen LogP contribution in [-0.2, 0) is 0 Å². The summed E-state index contributed by atoms with van der Waals surface area (Å²) in [5.74, 6) is 0. The van der Waals surface area contributed by atoms with Crippen LogP contribution >= 0.6 is 0 Å². The minimum absolute atomic E-state index is 0. The lowest BCUT2D eigenvalue weighted by Crippen LogP contribution is -1.99. The molecule has 0 aliphatic rings. The number of allylic oxidation sites excluding steroid dienone is 1. The van der Waals surface area contributed by atoms with Crippen molar-refractivity contribution in [3.63, 3.8) is 0 Å². The van der Waals surface area contributed by atoms with Crippen molar-refractivity contribution in [3.05, 3.63) is 11.9 Å². The van der Waals surface area contributed by atoms with E-state index in [0.29, 0.717) is 0 Å². The van der Waals surface area contributed by atoms with Gasteiger partial charge in [-0.1, -0.05) is 0 Å². The fraction of sp³-hybridized carbons (Fsp3) is 0.500. The van der Waals surface area contributed by atoms with Gasteiger partial charge < -0.3 is 17.2 Å². The van der Waals surface area contributed by atoms with Gasteiger partial charge in [-0.25, -0.2) is 0 Å². The molecule has 0 saturated heterocycles. The van der Waals surface area contributed by atoms with Gasteiger partial charge in [-0.3, -0.25) is 0 Å². The lowest BCUT2D eigenvalue weighted by atomic mass is 10.6. The van der Waals surface area contributed by atoms with E-state index in [2.05, 4.69) is 5.32 Å². The van der Waals surface area contributed by atoms with Gasteiger partial charge >= 0.3 is 0 Å². The number of hydrogen-bond donors (Lipinski definition) is 3. The molecule has 0 amide bonds. The Hall–Kier alpha value is -0.700. The standard InChI is InChI=1S/C4H10N2.H3N/c1-4(5)3-6-2;/h3,6H,5H2,1-2H3;1H3/b4-3-;. The predicted molar refractivity (Wildman–Crippen MR) is 32.0 cm³/mol. The van der Waals surface area contributed by atoms with E-state index < -0.39 is 0 Å². The third-order valence-corrected chi connectivity index (χ3v) is 0.372. The Labute approximate surface area is 44.2 Å². The van der Waals surface area contributed by atoms with E-state index in [0.717, 1.165) is 5.70 Å². The summed E-state index contributed by atoms with van der Waals surface area (Å²) in [5, 5.41) is 2.78. The van der Waals surface area contributed by atoms with Gasteiger partial charge in [0.1, 0.15) is 0 Å². The normalized spacial score (nSPS) is 9.71. The van der Waals surface area contributed by atoms with Gasteiger partial charge in [0.25, 0.3) is 0 Å². The molecule has 0 saturated carbocycles. The molecular formula is C4H13N3. The quantitative estimate of drug-likeness (QED) is 0.443. The molecule has 0 atom stereocenters. The van der Waals surface area contributed by atoms with Crippen molar-refractivity contribution in [1.82, 2.24) is 11.5 Å². The second-order valence-electron chi connectivity index (χ2n) is 1.18. The van der Waals surface area contributed by atoms with Gasteiger partial charge in [-0.05, 0) is 6.92 Å². The van der Waals surface area contributed by atoms with Crippen LogP contribution in [0.3, 0.4) is 0 Å². The summed E-state index contributed by atoms with van der Waals surface area (Å²) >= 11 is 0. The Kier molecular flexibility index (Phi) is 7.25. The summed E-state index contributed by atoms with van der Waals surface area (Å²) in [6, 6.07) is 0. The maximum atomic E-state index is 5.20. The average Bonchev–Trinajstić information content (AvgIpc) is 1.35. The van der Waals surface area contributed by atoms with Crippen molar-refractivity contribution in [2.75, 3.05) is 7.05 Å². The molecule has 44 valence electrons. The van der Waals surface area contributed by atoms with E-state index in [1.165, 1.54) is 0 Å². The third kappa shape index (κ3) is 10.9. The molecule has 0 unspecified atom stereocenters. The zero-order valence-corrected chi connectivity index (χ0v) is 4.86. The topological polar surface area (TPSA) is 73.0 Å². The highest BCUT2D eigenvalue weighted by molar-refractivity contribution is 4.87. The predicted octanol–water partition coefficient (Wildman–Crippen LogP) is 0.188. The molecule has 0 aromatic rings. The van der Waals surface area contributed by atoms with Crippen molar-refractivity contribution in [2.45, 2.75) is 6.92 Å². The molecule has 0 aliphatic carbocycles. The first kappa shape index (κ1) is 9.57. The first-order valence-corrected chi connectivity index (χ1v) is 1.87. The van der Waals surface area contributed by atoms with Crippen molar-refractivity contribution in [3.8, 4) is 0 Å². The summed E-state index contributed by atoms with van der Waals surface area (Å²) in [5.41, 5.74) is 6.00. The van der Waals surface area contributed by atoms with Gasteiger partial charge in [0.2, 0.25) is 0 Å². The molecule has 0 rings (SSSR count). The van der Waals surface area contributed by atoms with Crippen LogP contribution in [0.1, 0.15) is 6.92 Å². The van der Waals surface area contributed by atoms with Gasteiger partial charge in [0, 0.05) is 18.9 Å². The smallest absolute Gasteiger partial charge is 0.0208 e. The molecule has 0 fully saturated rings. The van der Waals surface area contributed by atoms with Crippen LogP contribution in [-0.4, -0.2) is 7.05 Å². The van der Waals surface area contributed by atoms with Gasteiger partial charge in [-0.2, -0.15) is 0 Å². The van der Waals surface area contributed by atoms with E-state index in [1.807, 2.05) is 14.0 Å². The molecular weight excluding hydrogens is 90.1 g/mol. The first-order valence-electron chi connectivity index (χ1n) is 1.87. The second kappa shape index (κ2) is 5.30. The fourth-order valence-electron chi connectivity index (χ4n) is 0.228. The minimum Gasteiger partial charge on any atom is -0.401 e. The number of nitrogens with two attached hydrogens (primary N) is 1. The van der Waals surface area contributed by atoms with Crippen LogP contribution in [0.25, 0.3) is 0 Å². The summed E-state index contributed by atoms with van der Waals surface area (Å²) in [6.07, 6.45) is 1.74. The molecule has 0 aromatic carbocycles. The molecule has 0 aliphatic heterocycles. The van der Waals surface area contributed by atoms with Gasteiger partial charge in [-0.15, -0.1) is 0 Å². The molecule has 3 heteroatoms. The first-order chi connectivity index (χ1) is 2.77. The van der Waals surface area contributed by atoms with Crippen LogP contribution in [0, 0.1) is 0 Å². The van der Waals surface area contributed by atoms with Crippen LogP contribution in [0.4, 0.5) is 0 Å². The number of rotatable bonds is 1. The van der Waals surface area contributed by atoms with Crippen LogP contribution < -0.4 is 17.2 Å². The Morgan fingerprint density at radius 2 is 2.14 bits per heavy atom. The van der Waals surface area contributed by atoms with Crippen molar-refractivity contribution in [2.24, 2.45) is 5.73 Å². The maximum Gasteiger partial charge on any atom is 0.0208 e. The molecule has 0 bridgehead atoms. The lowest BCUT2D eigenvalue weighted by molar-refractivity contribution is 1.06. The van der Waals surface area contributed by atoms with Crippen molar-refractivity contribution in [1.29, 1.82) is 0 Å². The van der Waals surface area contributed by atoms with Gasteiger partial charge in [0.05, 0.1) is 0 Å². The molecule has 0 spiro atoms. The second-order valence-corrected chi connectivity index (χ2v) is 1.18. The highest BCUT2D eigenvalue weighted by atomic mass is 14.8. The Morgan fingerprint density at radius 3 is 2.14 bits per heavy atom. The highest BCUT2D eigenvalue weighted by Crippen LogP contribution is 1.68. The van der Waals surface area contributed by atoms with Crippen LogP contribution in [0.2, 0.25) is 0 Å². The zero-order valence-electron chi connectivity index (χ0n) is 4.86. The summed E-state index contributed by atoms with van der Waals surface area (Å²) < 4.78 is 0. The lowest BCUT2D eigenvalue weighted by Gasteiger charge is -1.85. The van der Waals surface area contributed by atoms with Crippen LogP contribution in [0.5, 0.6) is 0 Å². The maximum absolute atomic E-state index is 5.20. The van der Waals surface area contributed by atoms with Crippen LogP contribution in [0.15, 0.2) is 11.9 Å². The van der Waals surface area contributed by atoms with Gasteiger partial charge in [0.15, 0.2) is 0 Å². The van der Waals surface area contributed by atoms with E-state index in [9.17, 15) is 0 Å². The van der Waals surface area contributed by atoms with E-state index >= 15 is 0 Å². The van der Waals surface area contributed by atoms with E-state index in [-0.39, 0.29) is 6.15 Å². The monoisotopic (exact) mass is 103 g/mol. The largest absolute Gasteiger partial charge is 0.401 e. The summed E-state index contributed by atoms with van der Waals surface area (Å²) in [6.45, 7) is 1.83. The highest BCUT2D eigenvalue weighted by Gasteiger charge is 1.65. The minimum atomic E-state index is 0. The fourth-order valence-corrected chi connectivity index (χ4v) is 0.228. The Morgan fingerprint density at radius 1 is 1.71 bits per heavy atom. The molecule has 0 heterocycles. The van der Waals surface area contributed by atoms with Crippen molar-refractivity contribution >= 4 is 0 Å². The number of hydrogen-bond acceptors (Lipinski definition) is 3. The molecule has 6 N–H and O–H groups in total. The number of nitrogens with one attached hydrogen (secondary N) is 1. The Bertz CT molecular complexity index is 54.0. The average molecular weight is 103 g/mol.